The number of hydrogen-bond acceptors (Lipinski definition) is 4. The highest BCUT2D eigenvalue weighted by molar-refractivity contribution is 7.89. The number of carbonyl (C=O) groups is 1. The maximum Gasteiger partial charge on any atom is 0.248 e. The molecule has 0 saturated heterocycles. The van der Waals surface area contributed by atoms with Gasteiger partial charge in [-0.05, 0) is 23.3 Å². The van der Waals surface area contributed by atoms with Crippen molar-refractivity contribution in [2.75, 3.05) is 5.73 Å². The van der Waals surface area contributed by atoms with Gasteiger partial charge in [-0.3, -0.25) is 4.79 Å². The standard InChI is InChI=1S/C15H16N2O3S/c16-14-8-12(15(17)18)6-7-13(14)10-21(19,20)9-11-4-2-1-3-5-11/h1-8H,9-10,16H2,(H2,17,18). The molecule has 5 nitrogen and oxygen atoms in total. The van der Waals surface area contributed by atoms with E-state index in [1.54, 1.807) is 24.3 Å². The maximum absolute atomic E-state index is 12.2. The molecule has 4 N–H and O–H groups in total. The summed E-state index contributed by atoms with van der Waals surface area (Å²) in [5.41, 5.74) is 12.6. The highest BCUT2D eigenvalue weighted by Gasteiger charge is 2.15. The number of carbonyl (C=O) groups excluding carboxylic acids is 1. The van der Waals surface area contributed by atoms with Gasteiger partial charge in [-0.15, -0.1) is 0 Å². The van der Waals surface area contributed by atoms with Crippen LogP contribution in [0.5, 0.6) is 0 Å². The third-order valence-electron chi connectivity index (χ3n) is 3.04. The van der Waals surface area contributed by atoms with Gasteiger partial charge in [0, 0.05) is 11.3 Å². The lowest BCUT2D eigenvalue weighted by Crippen LogP contribution is -2.13. The zero-order valence-electron chi connectivity index (χ0n) is 11.3. The summed E-state index contributed by atoms with van der Waals surface area (Å²) >= 11 is 0. The van der Waals surface area contributed by atoms with Crippen LogP contribution in [0.25, 0.3) is 0 Å². The van der Waals surface area contributed by atoms with Crippen molar-refractivity contribution in [3.8, 4) is 0 Å². The van der Waals surface area contributed by atoms with Gasteiger partial charge in [-0.25, -0.2) is 8.42 Å². The summed E-state index contributed by atoms with van der Waals surface area (Å²) in [5.74, 6) is -0.821. The second kappa shape index (κ2) is 5.97. The third-order valence-corrected chi connectivity index (χ3v) is 4.56. The van der Waals surface area contributed by atoms with E-state index in [0.717, 1.165) is 5.56 Å². The molecule has 110 valence electrons. The van der Waals surface area contributed by atoms with Crippen molar-refractivity contribution in [3.05, 3.63) is 65.2 Å². The van der Waals surface area contributed by atoms with Gasteiger partial charge in [0.15, 0.2) is 9.84 Å². The lowest BCUT2D eigenvalue weighted by atomic mass is 10.1. The minimum absolute atomic E-state index is 0.0507. The fourth-order valence-electron chi connectivity index (χ4n) is 2.00. The molecule has 0 bridgehead atoms. The first kappa shape index (κ1) is 15.1. The summed E-state index contributed by atoms with van der Waals surface area (Å²) in [7, 11) is -3.34. The number of sulfone groups is 1. The zero-order valence-corrected chi connectivity index (χ0v) is 12.1. The predicted molar refractivity (Wildman–Crippen MR) is 82.1 cm³/mol. The summed E-state index contributed by atoms with van der Waals surface area (Å²) in [6.45, 7) is 0. The van der Waals surface area contributed by atoms with Gasteiger partial charge in [-0.1, -0.05) is 36.4 Å². The van der Waals surface area contributed by atoms with Crippen LogP contribution in [0.15, 0.2) is 48.5 Å². The second-order valence-electron chi connectivity index (χ2n) is 4.80. The molecule has 0 heterocycles. The molecule has 2 rings (SSSR count). The number of nitrogens with two attached hydrogens (primary N) is 2. The smallest absolute Gasteiger partial charge is 0.248 e. The summed E-state index contributed by atoms with van der Waals surface area (Å²) in [4.78, 5) is 11.0. The number of benzene rings is 2. The Kier molecular flexibility index (Phi) is 4.28. The van der Waals surface area contributed by atoms with Crippen molar-refractivity contribution in [2.45, 2.75) is 11.5 Å². The van der Waals surface area contributed by atoms with E-state index in [1.165, 1.54) is 18.2 Å². The van der Waals surface area contributed by atoms with Crippen molar-refractivity contribution in [3.63, 3.8) is 0 Å². The van der Waals surface area contributed by atoms with Gasteiger partial charge >= 0.3 is 0 Å². The number of amides is 1. The molecule has 0 atom stereocenters. The van der Waals surface area contributed by atoms with Crippen LogP contribution in [0.4, 0.5) is 5.69 Å². The molecule has 0 radical (unpaired) electrons. The predicted octanol–water partition coefficient (Wildman–Crippen LogP) is 1.48. The fraction of sp³-hybridized carbons (Fsp3) is 0.133. The molecular formula is C15H16N2O3S. The normalized spacial score (nSPS) is 11.2. The topological polar surface area (TPSA) is 103 Å². The lowest BCUT2D eigenvalue weighted by molar-refractivity contribution is 0.100. The molecule has 2 aromatic carbocycles. The van der Waals surface area contributed by atoms with Crippen LogP contribution < -0.4 is 11.5 Å². The minimum atomic E-state index is -3.34. The average Bonchev–Trinajstić information content (AvgIpc) is 2.41. The molecule has 6 heteroatoms. The number of primary amides is 1. The SMILES string of the molecule is NC(=O)c1ccc(CS(=O)(=O)Cc2ccccc2)c(N)c1. The van der Waals surface area contributed by atoms with Crippen LogP contribution in [0.3, 0.4) is 0 Å². The Balaban J connectivity index is 2.19. The summed E-state index contributed by atoms with van der Waals surface area (Å²) in [6.07, 6.45) is 0. The first-order valence-corrected chi connectivity index (χ1v) is 8.12. The third kappa shape index (κ3) is 4.06. The monoisotopic (exact) mass is 304 g/mol. The van der Waals surface area contributed by atoms with E-state index < -0.39 is 15.7 Å². The van der Waals surface area contributed by atoms with Crippen LogP contribution in [-0.2, 0) is 21.3 Å². The summed E-state index contributed by atoms with van der Waals surface area (Å²) < 4.78 is 24.4. The number of hydrogen-bond donors (Lipinski definition) is 2. The van der Waals surface area contributed by atoms with E-state index in [9.17, 15) is 13.2 Å². The molecule has 2 aromatic rings. The van der Waals surface area contributed by atoms with Crippen molar-refractivity contribution in [1.29, 1.82) is 0 Å². The highest BCUT2D eigenvalue weighted by atomic mass is 32.2. The van der Waals surface area contributed by atoms with Crippen LogP contribution in [0.2, 0.25) is 0 Å². The first-order valence-electron chi connectivity index (χ1n) is 6.30. The summed E-state index contributed by atoms with van der Waals surface area (Å²) in [5, 5.41) is 0. The van der Waals surface area contributed by atoms with Gasteiger partial charge < -0.3 is 11.5 Å². The van der Waals surface area contributed by atoms with E-state index in [1.807, 2.05) is 6.07 Å². The second-order valence-corrected chi connectivity index (χ2v) is 6.86. The van der Waals surface area contributed by atoms with E-state index in [-0.39, 0.29) is 22.8 Å². The van der Waals surface area contributed by atoms with Crippen molar-refractivity contribution in [2.24, 2.45) is 5.73 Å². The minimum Gasteiger partial charge on any atom is -0.398 e. The lowest BCUT2D eigenvalue weighted by Gasteiger charge is -2.08. The Morgan fingerprint density at radius 2 is 1.67 bits per heavy atom. The van der Waals surface area contributed by atoms with Crippen molar-refractivity contribution >= 4 is 21.4 Å². The Bertz CT molecular complexity index is 756. The average molecular weight is 304 g/mol. The largest absolute Gasteiger partial charge is 0.398 e. The number of nitrogen functional groups attached to an aromatic ring is 1. The Morgan fingerprint density at radius 3 is 2.24 bits per heavy atom. The molecule has 21 heavy (non-hydrogen) atoms. The van der Waals surface area contributed by atoms with Gasteiger partial charge in [-0.2, -0.15) is 0 Å². The van der Waals surface area contributed by atoms with Crippen LogP contribution in [-0.4, -0.2) is 14.3 Å². The van der Waals surface area contributed by atoms with Gasteiger partial charge in [0.2, 0.25) is 5.91 Å². The molecule has 0 fully saturated rings. The van der Waals surface area contributed by atoms with E-state index in [4.69, 9.17) is 11.5 Å². The fourth-order valence-corrected chi connectivity index (χ4v) is 3.53. The molecule has 0 saturated carbocycles. The Hall–Kier alpha value is -2.34. The van der Waals surface area contributed by atoms with Crippen molar-refractivity contribution < 1.29 is 13.2 Å². The molecule has 0 aliphatic rings. The first-order chi connectivity index (χ1) is 9.87. The molecule has 1 amide bonds. The van der Waals surface area contributed by atoms with E-state index >= 15 is 0 Å². The van der Waals surface area contributed by atoms with Crippen LogP contribution >= 0.6 is 0 Å². The van der Waals surface area contributed by atoms with Gasteiger partial charge in [0.05, 0.1) is 11.5 Å². The quantitative estimate of drug-likeness (QED) is 0.816. The molecule has 0 aliphatic carbocycles. The molecule has 0 unspecified atom stereocenters. The van der Waals surface area contributed by atoms with E-state index in [0.29, 0.717) is 5.56 Å². The Labute approximate surface area is 123 Å². The highest BCUT2D eigenvalue weighted by Crippen LogP contribution is 2.19. The Morgan fingerprint density at radius 1 is 1.00 bits per heavy atom. The van der Waals surface area contributed by atoms with Crippen molar-refractivity contribution in [1.82, 2.24) is 0 Å². The van der Waals surface area contributed by atoms with Crippen LogP contribution in [0, 0.1) is 0 Å². The van der Waals surface area contributed by atoms with E-state index in [2.05, 4.69) is 0 Å². The van der Waals surface area contributed by atoms with Gasteiger partial charge in [0.1, 0.15) is 0 Å². The summed E-state index contributed by atoms with van der Waals surface area (Å²) in [6, 6.07) is 13.3. The van der Waals surface area contributed by atoms with Crippen LogP contribution in [0.1, 0.15) is 21.5 Å². The van der Waals surface area contributed by atoms with Gasteiger partial charge in [0.25, 0.3) is 0 Å². The molecular weight excluding hydrogens is 288 g/mol. The maximum atomic E-state index is 12.2. The number of anilines is 1. The molecule has 0 aliphatic heterocycles. The number of rotatable bonds is 5. The molecule has 0 spiro atoms. The molecule has 0 aromatic heterocycles. The zero-order chi connectivity index (χ0) is 15.5.